The molecular weight excluding hydrogens is 469 g/mol. The Kier molecular flexibility index (Phi) is 5.97. The van der Waals surface area contributed by atoms with Gasteiger partial charge >= 0.3 is 0 Å². The van der Waals surface area contributed by atoms with E-state index in [-0.39, 0.29) is 17.5 Å². The van der Waals surface area contributed by atoms with Crippen molar-refractivity contribution in [3.05, 3.63) is 77.9 Å². The number of carbonyl (C=O) groups excluding carboxylic acids is 1. The van der Waals surface area contributed by atoms with Gasteiger partial charge in [-0.3, -0.25) is 14.8 Å². The molecule has 0 radical (unpaired) electrons. The van der Waals surface area contributed by atoms with E-state index in [1.54, 1.807) is 42.9 Å². The minimum atomic E-state index is -1.46. The molecule has 2 atom stereocenters. The molecule has 2 aliphatic rings. The number of hydrogen-bond donors (Lipinski definition) is 2. The number of fused-ring (bicyclic) bond motifs is 1. The van der Waals surface area contributed by atoms with Crippen LogP contribution in [0.3, 0.4) is 0 Å². The van der Waals surface area contributed by atoms with E-state index in [0.717, 1.165) is 6.20 Å². The number of aromatic nitrogens is 4. The number of hydrogen-bond acceptors (Lipinski definition) is 9. The second-order valence-corrected chi connectivity index (χ2v) is 10.1. The molecule has 180 valence electrons. The Balaban J connectivity index is 1.50. The van der Waals surface area contributed by atoms with Gasteiger partial charge in [0.05, 0.1) is 24.6 Å². The molecule has 0 bridgehead atoms. The van der Waals surface area contributed by atoms with Gasteiger partial charge in [0.25, 0.3) is 5.91 Å². The largest absolute Gasteiger partial charge is 0.384 e. The molecule has 1 aromatic carbocycles. The molecule has 1 amide bonds. The molecule has 1 fully saturated rings. The fraction of sp³-hybridized carbons (Fsp3) is 0.333. The molecule has 0 saturated carbocycles. The summed E-state index contributed by atoms with van der Waals surface area (Å²) >= 11 is 1.47. The number of aliphatic hydroxyl groups is 1. The number of halogens is 1. The molecule has 5 rings (SSSR count). The number of rotatable bonds is 4. The number of nitrogens with zero attached hydrogens (tertiary/aromatic N) is 6. The Bertz CT molecular complexity index is 1270. The average molecular weight is 494 g/mol. The standard InChI is InChI=1S/C24H24FN7O2S/c1-23(2,34)19-17(25)10-28-21(29-19)32-12-16-13-35-22(30-20(33)15-6-4-3-5-7-15)31-24(16,14-32)18-11-26-8-9-27-18/h3-11,16,34H,12-14H2,1-2H3,(H,30,31,33)/t16-,24?/m0/s1. The highest BCUT2D eigenvalue weighted by atomic mass is 32.2. The van der Waals surface area contributed by atoms with Gasteiger partial charge in [0, 0.05) is 36.2 Å². The molecular formula is C24H24FN7O2S. The Morgan fingerprint density at radius 3 is 2.74 bits per heavy atom. The summed E-state index contributed by atoms with van der Waals surface area (Å²) < 4.78 is 14.3. The minimum absolute atomic E-state index is 0.0146. The van der Waals surface area contributed by atoms with Gasteiger partial charge < -0.3 is 15.3 Å². The maximum Gasteiger partial charge on any atom is 0.257 e. The van der Waals surface area contributed by atoms with Gasteiger partial charge in [0.15, 0.2) is 11.0 Å². The highest BCUT2D eigenvalue weighted by Gasteiger charge is 2.52. The van der Waals surface area contributed by atoms with E-state index >= 15 is 0 Å². The van der Waals surface area contributed by atoms with Gasteiger partial charge in [-0.25, -0.2) is 19.4 Å². The molecule has 0 spiro atoms. The first-order chi connectivity index (χ1) is 16.8. The lowest BCUT2D eigenvalue weighted by Crippen LogP contribution is -2.43. The maximum absolute atomic E-state index is 14.3. The molecule has 2 aliphatic heterocycles. The van der Waals surface area contributed by atoms with Crippen LogP contribution in [0.2, 0.25) is 0 Å². The predicted octanol–water partition coefficient (Wildman–Crippen LogP) is 2.50. The highest BCUT2D eigenvalue weighted by Crippen LogP contribution is 2.45. The van der Waals surface area contributed by atoms with Crippen molar-refractivity contribution in [2.45, 2.75) is 25.0 Å². The molecule has 2 aromatic heterocycles. The van der Waals surface area contributed by atoms with Crippen LogP contribution in [-0.4, -0.2) is 55.0 Å². The summed E-state index contributed by atoms with van der Waals surface area (Å²) in [6, 6.07) is 8.95. The zero-order chi connectivity index (χ0) is 24.6. The van der Waals surface area contributed by atoms with Gasteiger partial charge in [-0.05, 0) is 26.0 Å². The molecule has 4 heterocycles. The van der Waals surface area contributed by atoms with Crippen molar-refractivity contribution in [1.29, 1.82) is 0 Å². The molecule has 3 aromatic rings. The molecule has 2 N–H and O–H groups in total. The third-order valence-corrected chi connectivity index (χ3v) is 7.16. The Morgan fingerprint density at radius 2 is 2.03 bits per heavy atom. The van der Waals surface area contributed by atoms with E-state index in [2.05, 4.69) is 25.3 Å². The Hall–Kier alpha value is -3.44. The first kappa shape index (κ1) is 23.3. The number of amides is 1. The summed E-state index contributed by atoms with van der Waals surface area (Å²) in [5, 5.41) is 13.8. The average Bonchev–Trinajstić information content (AvgIpc) is 3.25. The Labute approximate surface area is 206 Å². The zero-order valence-corrected chi connectivity index (χ0v) is 20.0. The number of aliphatic imine (C=N–C) groups is 1. The van der Waals surface area contributed by atoms with Gasteiger partial charge in [0.2, 0.25) is 5.95 Å². The number of amidine groups is 1. The van der Waals surface area contributed by atoms with Crippen LogP contribution in [0, 0.1) is 11.7 Å². The lowest BCUT2D eigenvalue weighted by atomic mass is 9.86. The monoisotopic (exact) mass is 493 g/mol. The van der Waals surface area contributed by atoms with E-state index in [1.807, 2.05) is 11.0 Å². The van der Waals surface area contributed by atoms with Gasteiger partial charge in [-0.15, -0.1) is 0 Å². The van der Waals surface area contributed by atoms with Crippen molar-refractivity contribution in [3.63, 3.8) is 0 Å². The SMILES string of the molecule is CC(C)(O)c1nc(N2C[C@H]3CSC(NC(=O)c4ccccc4)=NC3(c3cnccn3)C2)ncc1F. The Morgan fingerprint density at radius 1 is 1.23 bits per heavy atom. The van der Waals surface area contributed by atoms with E-state index in [4.69, 9.17) is 4.99 Å². The smallest absolute Gasteiger partial charge is 0.257 e. The number of nitrogens with one attached hydrogen (secondary N) is 1. The minimum Gasteiger partial charge on any atom is -0.384 e. The van der Waals surface area contributed by atoms with Crippen molar-refractivity contribution < 1.29 is 14.3 Å². The van der Waals surface area contributed by atoms with Crippen molar-refractivity contribution in [1.82, 2.24) is 25.3 Å². The van der Waals surface area contributed by atoms with Crippen LogP contribution >= 0.6 is 11.8 Å². The number of carbonyl (C=O) groups is 1. The van der Waals surface area contributed by atoms with E-state index in [1.165, 1.54) is 25.6 Å². The van der Waals surface area contributed by atoms with Gasteiger partial charge in [-0.2, -0.15) is 0 Å². The van der Waals surface area contributed by atoms with Crippen molar-refractivity contribution in [3.8, 4) is 0 Å². The van der Waals surface area contributed by atoms with Crippen molar-refractivity contribution >= 4 is 28.8 Å². The van der Waals surface area contributed by atoms with Crippen LogP contribution in [0.1, 0.15) is 35.6 Å². The van der Waals surface area contributed by atoms with Crippen molar-refractivity contribution in [2.75, 3.05) is 23.7 Å². The summed E-state index contributed by atoms with van der Waals surface area (Å²) in [5.41, 5.74) is -1.12. The second-order valence-electron chi connectivity index (χ2n) is 9.07. The highest BCUT2D eigenvalue weighted by molar-refractivity contribution is 8.13. The van der Waals surface area contributed by atoms with Crippen LogP contribution in [0.4, 0.5) is 10.3 Å². The molecule has 1 unspecified atom stereocenters. The van der Waals surface area contributed by atoms with Crippen molar-refractivity contribution in [2.24, 2.45) is 10.9 Å². The van der Waals surface area contributed by atoms with Crippen LogP contribution in [0.25, 0.3) is 0 Å². The number of thioether (sulfide) groups is 1. The van der Waals surface area contributed by atoms with Crippen LogP contribution < -0.4 is 10.2 Å². The first-order valence-corrected chi connectivity index (χ1v) is 12.1. The fourth-order valence-corrected chi connectivity index (χ4v) is 5.53. The number of anilines is 1. The lowest BCUT2D eigenvalue weighted by Gasteiger charge is -2.34. The van der Waals surface area contributed by atoms with Crippen LogP contribution in [-0.2, 0) is 11.1 Å². The van der Waals surface area contributed by atoms with Gasteiger partial charge in [-0.1, -0.05) is 30.0 Å². The summed E-state index contributed by atoms with van der Waals surface area (Å²) in [7, 11) is 0. The molecule has 11 heteroatoms. The third kappa shape index (κ3) is 4.48. The molecule has 9 nitrogen and oxygen atoms in total. The van der Waals surface area contributed by atoms with Crippen LogP contribution in [0.5, 0.6) is 0 Å². The van der Waals surface area contributed by atoms with E-state index in [9.17, 15) is 14.3 Å². The summed E-state index contributed by atoms with van der Waals surface area (Å²) in [6.45, 7) is 3.87. The fourth-order valence-electron chi connectivity index (χ4n) is 4.40. The third-order valence-electron chi connectivity index (χ3n) is 6.13. The molecule has 0 aliphatic carbocycles. The number of benzene rings is 1. The van der Waals surface area contributed by atoms with E-state index in [0.29, 0.717) is 41.2 Å². The second kappa shape index (κ2) is 8.97. The summed E-state index contributed by atoms with van der Waals surface area (Å²) in [5.74, 6) is 0.0785. The molecule has 1 saturated heterocycles. The summed E-state index contributed by atoms with van der Waals surface area (Å²) in [6.07, 6.45) is 5.97. The first-order valence-electron chi connectivity index (χ1n) is 11.1. The molecule has 35 heavy (non-hydrogen) atoms. The van der Waals surface area contributed by atoms with Gasteiger partial charge in [0.1, 0.15) is 16.8 Å². The lowest BCUT2D eigenvalue weighted by molar-refractivity contribution is 0.0693. The normalized spacial score (nSPS) is 21.9. The topological polar surface area (TPSA) is 116 Å². The summed E-state index contributed by atoms with van der Waals surface area (Å²) in [4.78, 5) is 37.0. The predicted molar refractivity (Wildman–Crippen MR) is 130 cm³/mol. The zero-order valence-electron chi connectivity index (χ0n) is 19.2. The van der Waals surface area contributed by atoms with Crippen LogP contribution in [0.15, 0.2) is 60.1 Å². The maximum atomic E-state index is 14.3. The quantitative estimate of drug-likeness (QED) is 0.570. The van der Waals surface area contributed by atoms with E-state index < -0.39 is 17.0 Å².